The van der Waals surface area contributed by atoms with Gasteiger partial charge >= 0.3 is 6.18 Å². The first-order valence-corrected chi connectivity index (χ1v) is 7.43. The van der Waals surface area contributed by atoms with Gasteiger partial charge in [0.15, 0.2) is 5.41 Å². The molecule has 1 aromatic rings. The van der Waals surface area contributed by atoms with Gasteiger partial charge in [0.2, 0.25) is 0 Å². The van der Waals surface area contributed by atoms with Crippen LogP contribution in [-0.2, 0) is 5.41 Å². The maximum absolute atomic E-state index is 14.0. The van der Waals surface area contributed by atoms with Crippen molar-refractivity contribution in [3.63, 3.8) is 0 Å². The lowest BCUT2D eigenvalue weighted by molar-refractivity contribution is -0.215. The quantitative estimate of drug-likeness (QED) is 0.737. The molecule has 1 saturated carbocycles. The Morgan fingerprint density at radius 2 is 2.00 bits per heavy atom. The second kappa shape index (κ2) is 5.07. The van der Waals surface area contributed by atoms with Gasteiger partial charge in [0.25, 0.3) is 0 Å². The average Bonchev–Trinajstić information content (AvgIpc) is 3.19. The minimum atomic E-state index is -4.69. The second-order valence-electron chi connectivity index (χ2n) is 6.15. The van der Waals surface area contributed by atoms with E-state index < -0.39 is 24.2 Å². The lowest BCUT2D eigenvalue weighted by Gasteiger charge is -2.30. The van der Waals surface area contributed by atoms with Crippen LogP contribution in [0.1, 0.15) is 25.3 Å². The van der Waals surface area contributed by atoms with E-state index in [4.69, 9.17) is 11.6 Å². The molecule has 1 aromatic carbocycles. The standard InChI is InChI=1S/C16H14ClF3N2O/c1-14(4-5-14)6-7-15(16(18,19)20)9-21-13(23)22-12-3-2-10(17)8-11(12)15/h2-3,8H,4-5,9H2,1H3,(H2,21,22,23)/p-1. The van der Waals surface area contributed by atoms with Gasteiger partial charge in [-0.25, -0.2) is 0 Å². The fraction of sp³-hybridized carbons (Fsp3) is 0.438. The summed E-state index contributed by atoms with van der Waals surface area (Å²) < 4.78 is 41.9. The summed E-state index contributed by atoms with van der Waals surface area (Å²) in [6.45, 7) is 1.04. The first-order chi connectivity index (χ1) is 10.7. The molecule has 0 aromatic heterocycles. The van der Waals surface area contributed by atoms with Crippen LogP contribution in [0.4, 0.5) is 18.9 Å². The molecule has 2 aliphatic rings. The van der Waals surface area contributed by atoms with E-state index in [0.29, 0.717) is 0 Å². The zero-order valence-corrected chi connectivity index (χ0v) is 13.0. The summed E-state index contributed by atoms with van der Waals surface area (Å²) in [6.07, 6.45) is -3.16. The molecule has 0 radical (unpaired) electrons. The fourth-order valence-corrected chi connectivity index (χ4v) is 2.57. The van der Waals surface area contributed by atoms with Gasteiger partial charge in [0, 0.05) is 21.7 Å². The van der Waals surface area contributed by atoms with E-state index in [1.54, 1.807) is 0 Å². The third-order valence-electron chi connectivity index (χ3n) is 4.20. The predicted octanol–water partition coefficient (Wildman–Crippen LogP) is 3.09. The average molecular weight is 342 g/mol. The lowest BCUT2D eigenvalue weighted by Crippen LogP contribution is -2.44. The number of fused-ring (bicyclic) bond motifs is 1. The molecule has 3 rings (SSSR count). The summed E-state index contributed by atoms with van der Waals surface area (Å²) in [5, 5.41) is 14.1. The topological polar surface area (TPSA) is 47.5 Å². The van der Waals surface area contributed by atoms with Gasteiger partial charge in [-0.3, -0.25) is 4.99 Å². The van der Waals surface area contributed by atoms with Crippen molar-refractivity contribution in [3.05, 3.63) is 28.8 Å². The van der Waals surface area contributed by atoms with Crippen LogP contribution in [0.3, 0.4) is 0 Å². The van der Waals surface area contributed by atoms with E-state index in [9.17, 15) is 18.3 Å². The third-order valence-corrected chi connectivity index (χ3v) is 4.44. The molecule has 1 unspecified atom stereocenters. The van der Waals surface area contributed by atoms with Crippen LogP contribution in [0, 0.1) is 17.3 Å². The third kappa shape index (κ3) is 2.86. The number of hydrogen-bond acceptors (Lipinski definition) is 3. The molecule has 1 heterocycles. The number of hydrogen-bond donors (Lipinski definition) is 1. The van der Waals surface area contributed by atoms with Crippen molar-refractivity contribution >= 4 is 23.3 Å². The highest BCUT2D eigenvalue weighted by Gasteiger charge is 2.57. The maximum atomic E-state index is 14.0. The van der Waals surface area contributed by atoms with Gasteiger partial charge in [-0.2, -0.15) is 13.2 Å². The van der Waals surface area contributed by atoms with Gasteiger partial charge in [-0.1, -0.05) is 23.4 Å². The molecule has 23 heavy (non-hydrogen) atoms. The van der Waals surface area contributed by atoms with Gasteiger partial charge in [-0.05, 0) is 38.0 Å². The van der Waals surface area contributed by atoms with Crippen LogP contribution in [0.5, 0.6) is 0 Å². The summed E-state index contributed by atoms with van der Waals surface area (Å²) in [5.41, 5.74) is -3.06. The summed E-state index contributed by atoms with van der Waals surface area (Å²) >= 11 is 5.89. The van der Waals surface area contributed by atoms with Crippen molar-refractivity contribution in [1.29, 1.82) is 0 Å². The van der Waals surface area contributed by atoms with Crippen molar-refractivity contribution in [1.82, 2.24) is 0 Å². The zero-order valence-electron chi connectivity index (χ0n) is 12.2. The minimum Gasteiger partial charge on any atom is -0.846 e. The Balaban J connectivity index is 2.25. The molecule has 1 aliphatic heterocycles. The van der Waals surface area contributed by atoms with Crippen LogP contribution >= 0.6 is 11.6 Å². The van der Waals surface area contributed by atoms with E-state index in [0.717, 1.165) is 12.8 Å². The highest BCUT2D eigenvalue weighted by molar-refractivity contribution is 6.30. The van der Waals surface area contributed by atoms with Crippen molar-refractivity contribution in [3.8, 4) is 11.8 Å². The normalized spacial score (nSPS) is 25.2. The Bertz CT molecular complexity index is 744. The van der Waals surface area contributed by atoms with Gasteiger partial charge in [0.1, 0.15) is 0 Å². The predicted molar refractivity (Wildman–Crippen MR) is 80.2 cm³/mol. The second-order valence-corrected chi connectivity index (χ2v) is 6.59. The molecule has 7 heteroatoms. The number of anilines is 1. The summed E-state index contributed by atoms with van der Waals surface area (Å²) in [7, 11) is 0. The first-order valence-electron chi connectivity index (χ1n) is 7.05. The van der Waals surface area contributed by atoms with Gasteiger partial charge in [0.05, 0.1) is 12.6 Å². The van der Waals surface area contributed by atoms with Crippen LogP contribution in [-0.4, -0.2) is 18.7 Å². The molecule has 1 N–H and O–H groups in total. The number of alkyl halides is 3. The summed E-state index contributed by atoms with van der Waals surface area (Å²) in [5.74, 6) is 5.14. The van der Waals surface area contributed by atoms with Crippen LogP contribution in [0.2, 0.25) is 5.02 Å². The van der Waals surface area contributed by atoms with E-state index in [-0.39, 0.29) is 21.7 Å². The van der Waals surface area contributed by atoms with E-state index in [2.05, 4.69) is 22.2 Å². The molecule has 1 fully saturated rings. The van der Waals surface area contributed by atoms with Crippen molar-refractivity contribution < 1.29 is 18.3 Å². The maximum Gasteiger partial charge on any atom is 0.410 e. The molecule has 0 amide bonds. The van der Waals surface area contributed by atoms with Gasteiger partial charge in [-0.15, -0.1) is 0 Å². The highest BCUT2D eigenvalue weighted by atomic mass is 35.5. The Morgan fingerprint density at radius 3 is 2.61 bits per heavy atom. The Hall–Kier alpha value is -1.87. The molecule has 3 nitrogen and oxygen atoms in total. The molecule has 1 aliphatic carbocycles. The summed E-state index contributed by atoms with van der Waals surface area (Å²) in [6, 6.07) is 3.15. The Labute approximate surface area is 136 Å². The van der Waals surface area contributed by atoms with Crippen molar-refractivity contribution in [2.45, 2.75) is 31.4 Å². The highest BCUT2D eigenvalue weighted by Crippen LogP contribution is 2.48. The number of aliphatic imine (C=N–C) groups is 1. The Morgan fingerprint density at radius 1 is 1.30 bits per heavy atom. The SMILES string of the molecule is CC1(C#CC2(C(F)(F)F)CN=C([O-])Nc3ccc(Cl)cc32)CC1. The van der Waals surface area contributed by atoms with Crippen LogP contribution in [0.25, 0.3) is 0 Å². The molecule has 0 saturated heterocycles. The molecule has 0 spiro atoms. The monoisotopic (exact) mass is 341 g/mol. The molecule has 122 valence electrons. The van der Waals surface area contributed by atoms with E-state index in [1.165, 1.54) is 18.2 Å². The minimum absolute atomic E-state index is 0.0354. The zero-order chi connectivity index (χ0) is 16.9. The Kier molecular flexibility index (Phi) is 3.53. The number of amidine groups is 1. The van der Waals surface area contributed by atoms with Crippen LogP contribution in [0.15, 0.2) is 23.2 Å². The molecule has 0 bridgehead atoms. The van der Waals surface area contributed by atoms with E-state index in [1.807, 2.05) is 6.92 Å². The fourth-order valence-electron chi connectivity index (χ4n) is 2.40. The largest absolute Gasteiger partial charge is 0.846 e. The summed E-state index contributed by atoms with van der Waals surface area (Å²) in [4.78, 5) is 3.49. The number of benzene rings is 1. The molecule has 1 atom stereocenters. The molecular weight excluding hydrogens is 329 g/mol. The smallest absolute Gasteiger partial charge is 0.410 e. The number of halogens is 4. The van der Waals surface area contributed by atoms with Crippen molar-refractivity contribution in [2.75, 3.05) is 11.9 Å². The first kappa shape index (κ1) is 16.0. The van der Waals surface area contributed by atoms with Gasteiger partial charge < -0.3 is 10.4 Å². The number of nitrogens with zero attached hydrogens (tertiary/aromatic N) is 1. The van der Waals surface area contributed by atoms with Crippen LogP contribution < -0.4 is 10.4 Å². The van der Waals surface area contributed by atoms with Crippen molar-refractivity contribution in [2.24, 2.45) is 10.4 Å². The number of nitrogens with one attached hydrogen (secondary N) is 1. The van der Waals surface area contributed by atoms with E-state index >= 15 is 0 Å². The molecular formula is C16H13ClF3N2O-. The lowest BCUT2D eigenvalue weighted by atomic mass is 9.78. The number of rotatable bonds is 0.